The molecule has 0 bridgehead atoms. The predicted octanol–water partition coefficient (Wildman–Crippen LogP) is 3.30. The number of carbonyl (C=O) groups is 2. The molecule has 0 aliphatic carbocycles. The maximum atomic E-state index is 13.3. The Hall–Kier alpha value is -2.49. The molecule has 0 saturated carbocycles. The Kier molecular flexibility index (Phi) is 7.69. The van der Waals surface area contributed by atoms with Gasteiger partial charge in [-0.05, 0) is 54.4 Å². The second-order valence-electron chi connectivity index (χ2n) is 8.11. The molecule has 0 radical (unpaired) electrons. The van der Waals surface area contributed by atoms with Crippen LogP contribution in [0.15, 0.2) is 42.5 Å². The van der Waals surface area contributed by atoms with E-state index >= 15 is 0 Å². The second kappa shape index (κ2) is 10.0. The number of carbonyl (C=O) groups excluding carboxylic acids is 2. The van der Waals surface area contributed by atoms with Crippen molar-refractivity contribution in [3.05, 3.63) is 64.5 Å². The molecule has 2 aliphatic rings. The largest absolute Gasteiger partial charge is 1.00 e. The molecular formula is C24H23F3N3NaO3. The third kappa shape index (κ3) is 5.26. The van der Waals surface area contributed by atoms with Crippen molar-refractivity contribution < 1.29 is 57.1 Å². The number of amides is 3. The zero-order valence-corrected chi connectivity index (χ0v) is 21.2. The van der Waals surface area contributed by atoms with Gasteiger partial charge in [-0.15, -0.1) is 0 Å². The molecule has 4 rings (SSSR count). The number of rotatable bonds is 4. The zero-order valence-electron chi connectivity index (χ0n) is 19.2. The van der Waals surface area contributed by atoms with Gasteiger partial charge in [0.15, 0.2) is 6.03 Å². The van der Waals surface area contributed by atoms with E-state index < -0.39 is 29.3 Å². The molecule has 2 aromatic rings. The second-order valence-corrected chi connectivity index (χ2v) is 8.11. The Morgan fingerprint density at radius 2 is 1.97 bits per heavy atom. The van der Waals surface area contributed by atoms with Crippen molar-refractivity contribution in [3.8, 4) is 5.75 Å². The first-order valence-electron chi connectivity index (χ1n) is 10.7. The van der Waals surface area contributed by atoms with Gasteiger partial charge in [-0.1, -0.05) is 32.0 Å². The summed E-state index contributed by atoms with van der Waals surface area (Å²) in [6.45, 7) is 4.05. The third-order valence-electron chi connectivity index (χ3n) is 6.14. The Bertz CT molecular complexity index is 1140. The van der Waals surface area contributed by atoms with E-state index in [0.717, 1.165) is 12.1 Å². The molecule has 0 unspecified atom stereocenters. The monoisotopic (exact) mass is 481 g/mol. The van der Waals surface area contributed by atoms with Crippen LogP contribution in [0.2, 0.25) is 0 Å². The first-order valence-corrected chi connectivity index (χ1v) is 10.7. The van der Waals surface area contributed by atoms with E-state index in [-0.39, 0.29) is 41.9 Å². The van der Waals surface area contributed by atoms with Crippen molar-refractivity contribution >= 4 is 28.9 Å². The molecule has 10 heteroatoms. The van der Waals surface area contributed by atoms with Gasteiger partial charge in [-0.3, -0.25) is 9.59 Å². The van der Waals surface area contributed by atoms with Gasteiger partial charge in [0.05, 0.1) is 5.56 Å². The van der Waals surface area contributed by atoms with Crippen LogP contribution >= 0.6 is 0 Å². The van der Waals surface area contributed by atoms with Crippen molar-refractivity contribution in [2.75, 3.05) is 5.32 Å². The molecule has 3 amide bonds. The molecule has 2 N–H and O–H groups in total. The van der Waals surface area contributed by atoms with Crippen LogP contribution in [0.1, 0.15) is 49.8 Å². The first kappa shape index (κ1) is 26.1. The van der Waals surface area contributed by atoms with Gasteiger partial charge >= 0.3 is 35.7 Å². The molecule has 174 valence electrons. The number of halogens is 3. The Morgan fingerprint density at radius 3 is 2.65 bits per heavy atom. The minimum atomic E-state index is -4.49. The summed E-state index contributed by atoms with van der Waals surface area (Å²) in [6.07, 6.45) is -1.54. The molecule has 2 heterocycles. The molecule has 2 aromatic carbocycles. The van der Waals surface area contributed by atoms with Gasteiger partial charge in [0, 0.05) is 23.7 Å². The summed E-state index contributed by atoms with van der Waals surface area (Å²) in [4.78, 5) is 24.4. The van der Waals surface area contributed by atoms with E-state index in [1.165, 1.54) is 12.1 Å². The molecule has 0 saturated heterocycles. The predicted molar refractivity (Wildman–Crippen MR) is 118 cm³/mol. The van der Waals surface area contributed by atoms with Crippen LogP contribution in [0.4, 0.5) is 29.3 Å². The van der Waals surface area contributed by atoms with Gasteiger partial charge in [0.1, 0.15) is 11.4 Å². The van der Waals surface area contributed by atoms with Crippen molar-refractivity contribution in [1.82, 2.24) is 5.32 Å². The number of anilines is 1. The summed E-state index contributed by atoms with van der Waals surface area (Å²) in [5, 5.41) is 9.33. The minimum absolute atomic E-state index is 0. The molecular weight excluding hydrogens is 458 g/mol. The van der Waals surface area contributed by atoms with Crippen LogP contribution < -0.4 is 44.9 Å². The van der Waals surface area contributed by atoms with Crippen molar-refractivity contribution in [3.63, 3.8) is 0 Å². The standard InChI is InChI=1S/C24H24F3N3O3.Na/c1-3-23(4-2)12-14(16-9-8-15(24(25,26)27)11-20(16)33-23)10-21(31)29-18-6-5-7-19-17(18)13-28-22(32)30-19;/h5-11H,3-4,12-13H2,1-2H3,(H3,28,29,30,31,32);/q;+1/p-1/b14-10+;. The van der Waals surface area contributed by atoms with E-state index in [9.17, 15) is 22.8 Å². The van der Waals surface area contributed by atoms with Gasteiger partial charge in [0.25, 0.3) is 0 Å². The number of nitrogens with one attached hydrogen (secondary N) is 2. The van der Waals surface area contributed by atoms with Crippen LogP contribution in [-0.2, 0) is 17.5 Å². The normalized spacial score (nSPS) is 17.3. The number of hydrogen-bond acceptors (Lipinski definition) is 3. The van der Waals surface area contributed by atoms with Gasteiger partial charge in [-0.2, -0.15) is 13.2 Å². The number of alkyl halides is 3. The minimum Gasteiger partial charge on any atom is -0.486 e. The molecule has 0 spiro atoms. The molecule has 0 fully saturated rings. The average Bonchev–Trinajstić information content (AvgIpc) is 2.77. The number of nitrogens with zero attached hydrogens (tertiary/aromatic N) is 1. The summed E-state index contributed by atoms with van der Waals surface area (Å²) in [5.41, 5.74) is 1.25. The fourth-order valence-corrected chi connectivity index (χ4v) is 4.16. The van der Waals surface area contributed by atoms with E-state index in [2.05, 4.69) is 16.0 Å². The third-order valence-corrected chi connectivity index (χ3v) is 6.14. The number of fused-ring (bicyclic) bond motifs is 2. The molecule has 2 aliphatic heterocycles. The summed E-state index contributed by atoms with van der Waals surface area (Å²) < 4.78 is 45.8. The Labute approximate surface area is 217 Å². The molecule has 6 nitrogen and oxygen atoms in total. The molecule has 0 atom stereocenters. The summed E-state index contributed by atoms with van der Waals surface area (Å²) in [5.74, 6) is -0.304. The van der Waals surface area contributed by atoms with Crippen LogP contribution in [0.3, 0.4) is 0 Å². The summed E-state index contributed by atoms with van der Waals surface area (Å²) in [7, 11) is 0. The topological polar surface area (TPSA) is 81.5 Å². The fraction of sp³-hybridized carbons (Fsp3) is 0.333. The SMILES string of the molecule is CCC1(CC)C/C(=C\C(=O)Nc2cccc3c2CNC(=O)[N-]3)c2ccc(C(F)(F)F)cc2O1.[Na+]. The van der Waals surface area contributed by atoms with Crippen LogP contribution in [-0.4, -0.2) is 17.5 Å². The molecule has 0 aromatic heterocycles. The smallest absolute Gasteiger partial charge is 0.486 e. The fourth-order valence-electron chi connectivity index (χ4n) is 4.16. The molecule has 34 heavy (non-hydrogen) atoms. The average molecular weight is 481 g/mol. The van der Waals surface area contributed by atoms with Gasteiger partial charge in [0.2, 0.25) is 5.91 Å². The van der Waals surface area contributed by atoms with Crippen LogP contribution in [0, 0.1) is 0 Å². The van der Waals surface area contributed by atoms with Crippen molar-refractivity contribution in [1.29, 1.82) is 0 Å². The van der Waals surface area contributed by atoms with Gasteiger partial charge in [-0.25, -0.2) is 0 Å². The van der Waals surface area contributed by atoms with E-state index in [0.29, 0.717) is 47.3 Å². The summed E-state index contributed by atoms with van der Waals surface area (Å²) >= 11 is 0. The number of urea groups is 1. The van der Waals surface area contributed by atoms with Gasteiger partial charge < -0.3 is 20.7 Å². The Balaban J connectivity index is 0.00000324. The van der Waals surface area contributed by atoms with Crippen molar-refractivity contribution in [2.45, 2.75) is 51.4 Å². The number of benzene rings is 2. The quantitative estimate of drug-likeness (QED) is 0.520. The number of hydrogen-bond donors (Lipinski definition) is 2. The Morgan fingerprint density at radius 1 is 1.24 bits per heavy atom. The zero-order chi connectivity index (χ0) is 23.8. The maximum Gasteiger partial charge on any atom is 1.00 e. The summed E-state index contributed by atoms with van der Waals surface area (Å²) in [6, 6.07) is 7.98. The van der Waals surface area contributed by atoms with E-state index in [1.54, 1.807) is 18.2 Å². The van der Waals surface area contributed by atoms with Crippen LogP contribution in [0.5, 0.6) is 5.75 Å². The number of ether oxygens (including phenoxy) is 1. The van der Waals surface area contributed by atoms with E-state index in [4.69, 9.17) is 4.74 Å². The van der Waals surface area contributed by atoms with Crippen LogP contribution in [0.25, 0.3) is 10.9 Å². The maximum absolute atomic E-state index is 13.3. The van der Waals surface area contributed by atoms with E-state index in [1.807, 2.05) is 13.8 Å². The first-order chi connectivity index (χ1) is 15.6. The van der Waals surface area contributed by atoms with Crippen molar-refractivity contribution in [2.24, 2.45) is 0 Å².